The third kappa shape index (κ3) is 6.42. The summed E-state index contributed by atoms with van der Waals surface area (Å²) in [6.07, 6.45) is 3.84. The van der Waals surface area contributed by atoms with Crippen molar-refractivity contribution in [1.29, 1.82) is 0 Å². The van der Waals surface area contributed by atoms with E-state index in [0.717, 1.165) is 41.0 Å². The van der Waals surface area contributed by atoms with E-state index >= 15 is 0 Å². The van der Waals surface area contributed by atoms with Gasteiger partial charge >= 0.3 is 5.97 Å². The van der Waals surface area contributed by atoms with E-state index in [9.17, 15) is 14.4 Å². The lowest BCUT2D eigenvalue weighted by Crippen LogP contribution is -2.17. The Hall–Kier alpha value is -2.52. The van der Waals surface area contributed by atoms with Crippen LogP contribution in [0.3, 0.4) is 0 Å². The molecule has 188 valence electrons. The van der Waals surface area contributed by atoms with E-state index in [1.807, 2.05) is 6.07 Å². The molecule has 36 heavy (non-hydrogen) atoms. The van der Waals surface area contributed by atoms with Gasteiger partial charge in [-0.1, -0.05) is 29.3 Å². The highest BCUT2D eigenvalue weighted by atomic mass is 35.5. The van der Waals surface area contributed by atoms with Crippen molar-refractivity contribution in [1.82, 2.24) is 0 Å². The van der Waals surface area contributed by atoms with Crippen molar-refractivity contribution in [2.24, 2.45) is 0 Å². The van der Waals surface area contributed by atoms with Gasteiger partial charge in [0.15, 0.2) is 0 Å². The first-order chi connectivity index (χ1) is 17.4. The van der Waals surface area contributed by atoms with Gasteiger partial charge in [-0.25, -0.2) is 4.79 Å². The van der Waals surface area contributed by atoms with Gasteiger partial charge in [0.05, 0.1) is 28.5 Å². The van der Waals surface area contributed by atoms with Crippen LogP contribution in [0.4, 0.5) is 10.7 Å². The summed E-state index contributed by atoms with van der Waals surface area (Å²) in [7, 11) is 0. The van der Waals surface area contributed by atoms with Gasteiger partial charge in [0.2, 0.25) is 5.91 Å². The Morgan fingerprint density at radius 1 is 1.06 bits per heavy atom. The summed E-state index contributed by atoms with van der Waals surface area (Å²) in [4.78, 5) is 39.9. The molecule has 3 aromatic rings. The van der Waals surface area contributed by atoms with Crippen molar-refractivity contribution in [3.05, 3.63) is 74.1 Å². The molecule has 1 aromatic heterocycles. The number of esters is 1. The summed E-state index contributed by atoms with van der Waals surface area (Å²) >= 11 is 14.8. The monoisotopic (exact) mass is 562 g/mol. The van der Waals surface area contributed by atoms with Crippen LogP contribution in [0.5, 0.6) is 0 Å². The molecule has 1 aliphatic carbocycles. The Kier molecular flexibility index (Phi) is 8.95. The number of anilines is 2. The summed E-state index contributed by atoms with van der Waals surface area (Å²) < 4.78 is 5.26. The maximum absolute atomic E-state index is 12.8. The zero-order chi connectivity index (χ0) is 25.7. The molecule has 6 nitrogen and oxygen atoms in total. The Morgan fingerprint density at radius 2 is 1.86 bits per heavy atom. The maximum Gasteiger partial charge on any atom is 0.341 e. The van der Waals surface area contributed by atoms with E-state index in [1.165, 1.54) is 29.2 Å². The fourth-order valence-electron chi connectivity index (χ4n) is 3.92. The number of aryl methyl sites for hydroxylation is 1. The molecular weight excluding hydrogens is 539 g/mol. The van der Waals surface area contributed by atoms with Crippen LogP contribution in [0, 0.1) is 0 Å². The number of hydrogen-bond donors (Lipinski definition) is 2. The van der Waals surface area contributed by atoms with Crippen molar-refractivity contribution >= 4 is 74.8 Å². The fraction of sp³-hybridized carbons (Fsp3) is 0.269. The van der Waals surface area contributed by atoms with E-state index in [-0.39, 0.29) is 35.2 Å². The maximum atomic E-state index is 12.8. The number of thioether (sulfide) groups is 1. The number of thiophene rings is 1. The van der Waals surface area contributed by atoms with Crippen LogP contribution in [-0.2, 0) is 22.4 Å². The van der Waals surface area contributed by atoms with Crippen LogP contribution in [0.15, 0.2) is 47.4 Å². The molecule has 0 aliphatic heterocycles. The minimum Gasteiger partial charge on any atom is -0.462 e. The second kappa shape index (κ2) is 12.1. The Balaban J connectivity index is 1.40. The first-order valence-corrected chi connectivity index (χ1v) is 14.0. The molecule has 0 saturated carbocycles. The Bertz CT molecular complexity index is 1310. The SMILES string of the molecule is CCOC(=O)c1c(NC(=O)CSc2cccc(NC(=O)c3ccc(Cl)cc3Cl)c2)sc2c1CCCC2. The molecule has 0 spiro atoms. The van der Waals surface area contributed by atoms with E-state index < -0.39 is 0 Å². The standard InChI is InChI=1S/C26H24Cl2N2O4S2/c1-2-34-26(33)23-19-8-3-4-9-21(19)36-25(23)30-22(31)14-35-17-7-5-6-16(13-17)29-24(32)18-11-10-15(27)12-20(18)28/h5-7,10-13H,2-4,8-9,14H2,1H3,(H,29,32)(H,30,31). The highest BCUT2D eigenvalue weighted by Crippen LogP contribution is 2.38. The van der Waals surface area contributed by atoms with Crippen LogP contribution in [-0.4, -0.2) is 30.1 Å². The van der Waals surface area contributed by atoms with Gasteiger partial charge in [-0.2, -0.15) is 0 Å². The normalized spacial score (nSPS) is 12.5. The zero-order valence-electron chi connectivity index (χ0n) is 19.5. The third-order valence-corrected chi connectivity index (χ3v) is 8.29. The second-order valence-electron chi connectivity index (χ2n) is 8.08. The Morgan fingerprint density at radius 3 is 2.64 bits per heavy atom. The number of ether oxygens (including phenoxy) is 1. The van der Waals surface area contributed by atoms with Crippen molar-refractivity contribution in [3.63, 3.8) is 0 Å². The second-order valence-corrected chi connectivity index (χ2v) is 11.1. The summed E-state index contributed by atoms with van der Waals surface area (Å²) in [5.41, 5.74) is 2.40. The van der Waals surface area contributed by atoms with Gasteiger partial charge in [0.1, 0.15) is 5.00 Å². The van der Waals surface area contributed by atoms with E-state index in [2.05, 4.69) is 10.6 Å². The van der Waals surface area contributed by atoms with Crippen LogP contribution in [0.2, 0.25) is 10.0 Å². The van der Waals surface area contributed by atoms with Gasteiger partial charge in [-0.15, -0.1) is 23.1 Å². The summed E-state index contributed by atoms with van der Waals surface area (Å²) in [5, 5.41) is 7.01. The molecular formula is C26H24Cl2N2O4S2. The van der Waals surface area contributed by atoms with E-state index in [4.69, 9.17) is 27.9 Å². The minimum atomic E-state index is -0.385. The van der Waals surface area contributed by atoms with E-state index in [1.54, 1.807) is 37.3 Å². The number of nitrogens with one attached hydrogen (secondary N) is 2. The van der Waals surface area contributed by atoms with Gasteiger partial charge in [0, 0.05) is 20.5 Å². The number of carbonyl (C=O) groups is 3. The average Bonchev–Trinajstić information content (AvgIpc) is 3.21. The lowest BCUT2D eigenvalue weighted by atomic mass is 9.95. The zero-order valence-corrected chi connectivity index (χ0v) is 22.6. The third-order valence-electron chi connectivity index (χ3n) is 5.54. The topological polar surface area (TPSA) is 84.5 Å². The molecule has 4 rings (SSSR count). The molecule has 0 bridgehead atoms. The molecule has 1 heterocycles. The number of hydrogen-bond acceptors (Lipinski definition) is 6. The Labute approximate surface area is 227 Å². The number of fused-ring (bicyclic) bond motifs is 1. The summed E-state index contributed by atoms with van der Waals surface area (Å²) in [6, 6.07) is 11.9. The number of halogens is 2. The van der Waals surface area contributed by atoms with Gasteiger partial charge in [-0.05, 0) is 74.6 Å². The lowest BCUT2D eigenvalue weighted by Gasteiger charge is -2.12. The lowest BCUT2D eigenvalue weighted by molar-refractivity contribution is -0.113. The molecule has 1 aliphatic rings. The molecule has 0 saturated heterocycles. The predicted octanol–water partition coefficient (Wildman–Crippen LogP) is 7.09. The first kappa shape index (κ1) is 26.5. The van der Waals surface area contributed by atoms with Crippen LogP contribution < -0.4 is 10.6 Å². The molecule has 0 atom stereocenters. The van der Waals surface area contributed by atoms with Crippen LogP contribution in [0.25, 0.3) is 0 Å². The summed E-state index contributed by atoms with van der Waals surface area (Å²) in [6.45, 7) is 2.05. The van der Waals surface area contributed by atoms with Crippen molar-refractivity contribution in [2.75, 3.05) is 23.0 Å². The minimum absolute atomic E-state index is 0.144. The number of rotatable bonds is 8. The predicted molar refractivity (Wildman–Crippen MR) is 147 cm³/mol. The largest absolute Gasteiger partial charge is 0.462 e. The average molecular weight is 564 g/mol. The quantitative estimate of drug-likeness (QED) is 0.226. The first-order valence-electron chi connectivity index (χ1n) is 11.5. The fourth-order valence-corrected chi connectivity index (χ4v) is 6.46. The number of benzene rings is 2. The van der Waals surface area contributed by atoms with Gasteiger partial charge < -0.3 is 15.4 Å². The molecule has 0 fully saturated rings. The van der Waals surface area contributed by atoms with Crippen molar-refractivity contribution < 1.29 is 19.1 Å². The van der Waals surface area contributed by atoms with Gasteiger partial charge in [0.25, 0.3) is 5.91 Å². The number of carbonyl (C=O) groups excluding carboxylic acids is 3. The highest BCUT2D eigenvalue weighted by Gasteiger charge is 2.27. The van der Waals surface area contributed by atoms with Crippen molar-refractivity contribution in [2.45, 2.75) is 37.5 Å². The van der Waals surface area contributed by atoms with Crippen LogP contribution in [0.1, 0.15) is 50.9 Å². The smallest absolute Gasteiger partial charge is 0.341 e. The molecule has 2 aromatic carbocycles. The van der Waals surface area contributed by atoms with Gasteiger partial charge in [-0.3, -0.25) is 9.59 Å². The molecule has 10 heteroatoms. The number of amides is 2. The molecule has 0 unspecified atom stereocenters. The molecule has 2 N–H and O–H groups in total. The van der Waals surface area contributed by atoms with Crippen LogP contribution >= 0.6 is 46.3 Å². The van der Waals surface area contributed by atoms with E-state index in [0.29, 0.717) is 26.8 Å². The molecule has 2 amide bonds. The highest BCUT2D eigenvalue weighted by molar-refractivity contribution is 8.00. The van der Waals surface area contributed by atoms with Crippen molar-refractivity contribution in [3.8, 4) is 0 Å². The molecule has 0 radical (unpaired) electrons. The summed E-state index contributed by atoms with van der Waals surface area (Å²) in [5.74, 6) is -0.814.